The van der Waals surface area contributed by atoms with Crippen molar-refractivity contribution in [1.29, 1.82) is 0 Å². The molecule has 2 saturated heterocycles. The number of amides is 2. The molecule has 0 spiro atoms. The first-order chi connectivity index (χ1) is 15.8. The fourth-order valence-corrected chi connectivity index (χ4v) is 4.39. The number of methoxy groups -OCH3 is 1. The quantitative estimate of drug-likeness (QED) is 0.664. The van der Waals surface area contributed by atoms with Gasteiger partial charge in [0.25, 0.3) is 0 Å². The summed E-state index contributed by atoms with van der Waals surface area (Å²) >= 11 is 0. The highest BCUT2D eigenvalue weighted by Crippen LogP contribution is 2.33. The van der Waals surface area contributed by atoms with Gasteiger partial charge in [-0.3, -0.25) is 19.4 Å². The van der Waals surface area contributed by atoms with E-state index in [-0.39, 0.29) is 42.6 Å². The Balaban J connectivity index is 1.40. The lowest BCUT2D eigenvalue weighted by Crippen LogP contribution is -2.50. The molecule has 1 N–H and O–H groups in total. The van der Waals surface area contributed by atoms with Crippen LogP contribution in [0.5, 0.6) is 5.75 Å². The van der Waals surface area contributed by atoms with E-state index in [1.807, 2.05) is 4.90 Å². The number of hydrogen-bond donors (Lipinski definition) is 1. The smallest absolute Gasteiger partial charge is 0.228 e. The molecule has 0 aliphatic carbocycles. The normalized spacial score (nSPS) is 20.7. The number of hydrogen-bond acceptors (Lipinski definition) is 6. The van der Waals surface area contributed by atoms with Gasteiger partial charge in [0.2, 0.25) is 17.6 Å². The Labute approximate surface area is 189 Å². The molecule has 4 rings (SSSR count). The van der Waals surface area contributed by atoms with Gasteiger partial charge in [-0.05, 0) is 12.5 Å². The zero-order valence-electron chi connectivity index (χ0n) is 18.1. The molecule has 8 nitrogen and oxygen atoms in total. The van der Waals surface area contributed by atoms with Crippen LogP contribution < -0.4 is 15.0 Å². The fourth-order valence-electron chi connectivity index (χ4n) is 4.39. The van der Waals surface area contributed by atoms with Crippen molar-refractivity contribution in [2.45, 2.75) is 24.8 Å². The number of ether oxygens (including phenoxy) is 1. The number of halogens is 2. The number of aromatic nitrogens is 1. The number of nitrogens with zero attached hydrogens (tertiary/aromatic N) is 3. The second-order valence-electron chi connectivity index (χ2n) is 8.11. The van der Waals surface area contributed by atoms with Crippen LogP contribution in [0.15, 0.2) is 36.7 Å². The van der Waals surface area contributed by atoms with E-state index in [0.717, 1.165) is 6.07 Å². The second kappa shape index (κ2) is 9.13. The summed E-state index contributed by atoms with van der Waals surface area (Å²) in [6.45, 7) is 1.65. The molecule has 2 aliphatic heterocycles. The third kappa shape index (κ3) is 4.37. The number of carbonyl (C=O) groups is 3. The Morgan fingerprint density at radius 2 is 1.97 bits per heavy atom. The zero-order chi connectivity index (χ0) is 23.6. The average Bonchev–Trinajstić information content (AvgIpc) is 3.13. The van der Waals surface area contributed by atoms with E-state index in [2.05, 4.69) is 10.3 Å². The molecule has 1 unspecified atom stereocenters. The van der Waals surface area contributed by atoms with Crippen molar-refractivity contribution < 1.29 is 27.9 Å². The third-order valence-electron chi connectivity index (χ3n) is 6.22. The number of pyridine rings is 1. The SMILES string of the molecule is COc1cc(N2CCN(C(=O)CCC3(c4cccnc4)NC(=O)CC3=O)CC2)cc(F)c1F. The van der Waals surface area contributed by atoms with E-state index in [0.29, 0.717) is 37.4 Å². The molecule has 0 saturated carbocycles. The summed E-state index contributed by atoms with van der Waals surface area (Å²) < 4.78 is 32.5. The summed E-state index contributed by atoms with van der Waals surface area (Å²) in [6, 6.07) is 5.95. The van der Waals surface area contributed by atoms with Crippen molar-refractivity contribution in [2.24, 2.45) is 0 Å². The molecule has 0 radical (unpaired) electrons. The van der Waals surface area contributed by atoms with Crippen molar-refractivity contribution in [3.8, 4) is 5.75 Å². The summed E-state index contributed by atoms with van der Waals surface area (Å²) in [7, 11) is 1.27. The van der Waals surface area contributed by atoms with Crippen molar-refractivity contribution in [3.05, 3.63) is 53.9 Å². The number of anilines is 1. The van der Waals surface area contributed by atoms with E-state index in [1.165, 1.54) is 19.4 Å². The molecule has 174 valence electrons. The number of carbonyl (C=O) groups excluding carboxylic acids is 3. The lowest BCUT2D eigenvalue weighted by Gasteiger charge is -2.37. The van der Waals surface area contributed by atoms with Gasteiger partial charge in [-0.2, -0.15) is 4.39 Å². The van der Waals surface area contributed by atoms with Gasteiger partial charge in [0, 0.05) is 68.4 Å². The zero-order valence-corrected chi connectivity index (χ0v) is 18.1. The van der Waals surface area contributed by atoms with Crippen LogP contribution >= 0.6 is 0 Å². The molecule has 2 fully saturated rings. The van der Waals surface area contributed by atoms with Gasteiger partial charge in [-0.25, -0.2) is 4.39 Å². The van der Waals surface area contributed by atoms with Gasteiger partial charge >= 0.3 is 0 Å². The van der Waals surface area contributed by atoms with Gasteiger partial charge in [-0.1, -0.05) is 6.07 Å². The Bertz CT molecular complexity index is 1070. The standard InChI is InChI=1S/C23H24F2N4O4/c1-33-18-12-16(11-17(24)22(18)25)28-7-9-29(10-8-28)21(32)4-5-23(15-3-2-6-26-14-15)19(30)13-20(31)27-23/h2-3,6,11-12,14H,4-5,7-10,13H2,1H3,(H,27,31). The van der Waals surface area contributed by atoms with Crippen molar-refractivity contribution in [1.82, 2.24) is 15.2 Å². The maximum absolute atomic E-state index is 13.9. The van der Waals surface area contributed by atoms with Crippen LogP contribution in [0.2, 0.25) is 0 Å². The summed E-state index contributed by atoms with van der Waals surface area (Å²) in [6.07, 6.45) is 3.09. The summed E-state index contributed by atoms with van der Waals surface area (Å²) in [5, 5.41) is 2.76. The molecule has 33 heavy (non-hydrogen) atoms. The Kier molecular flexibility index (Phi) is 6.26. The lowest BCUT2D eigenvalue weighted by molar-refractivity contribution is -0.132. The van der Waals surface area contributed by atoms with Gasteiger partial charge in [-0.15, -0.1) is 0 Å². The largest absolute Gasteiger partial charge is 0.493 e. The van der Waals surface area contributed by atoms with E-state index in [9.17, 15) is 23.2 Å². The number of benzene rings is 1. The van der Waals surface area contributed by atoms with E-state index < -0.39 is 17.2 Å². The fraction of sp³-hybridized carbons (Fsp3) is 0.391. The molecule has 1 aromatic carbocycles. The minimum atomic E-state index is -1.25. The maximum Gasteiger partial charge on any atom is 0.228 e. The third-order valence-corrected chi connectivity index (χ3v) is 6.22. The molecule has 2 amide bonds. The lowest BCUT2D eigenvalue weighted by atomic mass is 9.84. The number of piperazine rings is 1. The molecule has 2 aliphatic rings. The van der Waals surface area contributed by atoms with Gasteiger partial charge in [0.1, 0.15) is 5.54 Å². The Morgan fingerprint density at radius 3 is 2.58 bits per heavy atom. The molecule has 1 atom stereocenters. The number of ketones is 1. The van der Waals surface area contributed by atoms with Crippen LogP contribution in [0.3, 0.4) is 0 Å². The van der Waals surface area contributed by atoms with Gasteiger partial charge in [0.15, 0.2) is 17.3 Å². The second-order valence-corrected chi connectivity index (χ2v) is 8.11. The first-order valence-corrected chi connectivity index (χ1v) is 10.6. The first-order valence-electron chi connectivity index (χ1n) is 10.6. The number of nitrogens with one attached hydrogen (secondary N) is 1. The summed E-state index contributed by atoms with van der Waals surface area (Å²) in [5.74, 6) is -2.99. The monoisotopic (exact) mass is 458 g/mol. The average molecular weight is 458 g/mol. The number of Topliss-reactive ketones (excluding diaryl/α,β-unsaturated/α-hetero) is 1. The van der Waals surface area contributed by atoms with Crippen LogP contribution in [-0.2, 0) is 19.9 Å². The molecule has 0 bridgehead atoms. The van der Waals surface area contributed by atoms with E-state index in [1.54, 1.807) is 23.2 Å². The van der Waals surface area contributed by atoms with E-state index >= 15 is 0 Å². The molecule has 1 aromatic heterocycles. The molecule has 10 heteroatoms. The highest BCUT2D eigenvalue weighted by Gasteiger charge is 2.47. The molecular formula is C23H24F2N4O4. The topological polar surface area (TPSA) is 91.8 Å². The van der Waals surface area contributed by atoms with Crippen molar-refractivity contribution >= 4 is 23.3 Å². The summed E-state index contributed by atoms with van der Waals surface area (Å²) in [5.41, 5.74) is -0.205. The van der Waals surface area contributed by atoms with Gasteiger partial charge in [0.05, 0.1) is 13.5 Å². The first kappa shape index (κ1) is 22.6. The predicted octanol–water partition coefficient (Wildman–Crippen LogP) is 1.78. The Hall–Kier alpha value is -3.56. The van der Waals surface area contributed by atoms with Crippen molar-refractivity contribution in [2.75, 3.05) is 38.2 Å². The van der Waals surface area contributed by atoms with Crippen LogP contribution in [0.4, 0.5) is 14.5 Å². The number of rotatable bonds is 6. The van der Waals surface area contributed by atoms with Crippen LogP contribution in [0.1, 0.15) is 24.8 Å². The molecule has 3 heterocycles. The van der Waals surface area contributed by atoms with Crippen LogP contribution in [-0.4, -0.2) is 60.8 Å². The van der Waals surface area contributed by atoms with Crippen LogP contribution in [0, 0.1) is 11.6 Å². The van der Waals surface area contributed by atoms with Crippen molar-refractivity contribution in [3.63, 3.8) is 0 Å². The highest BCUT2D eigenvalue weighted by molar-refractivity contribution is 6.10. The molecule has 2 aromatic rings. The Morgan fingerprint density at radius 1 is 1.21 bits per heavy atom. The van der Waals surface area contributed by atoms with E-state index in [4.69, 9.17) is 4.74 Å². The minimum Gasteiger partial charge on any atom is -0.493 e. The molecular weight excluding hydrogens is 434 g/mol. The van der Waals surface area contributed by atoms with Crippen LogP contribution in [0.25, 0.3) is 0 Å². The minimum absolute atomic E-state index is 0.0694. The highest BCUT2D eigenvalue weighted by atomic mass is 19.2. The summed E-state index contributed by atoms with van der Waals surface area (Å²) in [4.78, 5) is 45.1. The van der Waals surface area contributed by atoms with Gasteiger partial charge < -0.3 is 19.9 Å². The predicted molar refractivity (Wildman–Crippen MR) is 115 cm³/mol. The maximum atomic E-state index is 13.9.